The number of rotatable bonds is 4. The van der Waals surface area contributed by atoms with E-state index in [2.05, 4.69) is 25.2 Å². The first-order chi connectivity index (χ1) is 16.6. The van der Waals surface area contributed by atoms with Gasteiger partial charge in [0.05, 0.1) is 31.0 Å². The molecule has 1 aromatic heterocycles. The molecule has 5 rings (SSSR count). The summed E-state index contributed by atoms with van der Waals surface area (Å²) in [4.78, 5) is 28.2. The van der Waals surface area contributed by atoms with Gasteiger partial charge in [-0.25, -0.2) is 14.9 Å². The Morgan fingerprint density at radius 3 is 2.68 bits per heavy atom. The number of aromatic nitrogens is 2. The molecular weight excluding hydrogens is 432 g/mol. The maximum Gasteiger partial charge on any atom is 0.412 e. The summed E-state index contributed by atoms with van der Waals surface area (Å²) in [5, 5.41) is 11.0. The number of aliphatic imine (C=N–C) groups is 1. The summed E-state index contributed by atoms with van der Waals surface area (Å²) in [6, 6.07) is 19.4. The van der Waals surface area contributed by atoms with Crippen molar-refractivity contribution in [2.45, 2.75) is 12.8 Å². The lowest BCUT2D eigenvalue weighted by molar-refractivity contribution is 0.176. The maximum absolute atomic E-state index is 12.2. The number of methoxy groups -OCH3 is 2. The zero-order valence-electron chi connectivity index (χ0n) is 18.7. The van der Waals surface area contributed by atoms with Gasteiger partial charge in [0.1, 0.15) is 11.6 Å². The zero-order valence-corrected chi connectivity index (χ0v) is 18.7. The van der Waals surface area contributed by atoms with Crippen LogP contribution in [0.15, 0.2) is 70.5 Å². The van der Waals surface area contributed by atoms with Gasteiger partial charge in [-0.05, 0) is 23.3 Å². The Bertz CT molecular complexity index is 1510. The quantitative estimate of drug-likeness (QED) is 0.482. The number of carbonyl (C=O) groups is 1. The summed E-state index contributed by atoms with van der Waals surface area (Å²) in [7, 11) is 2.96. The van der Waals surface area contributed by atoms with E-state index in [4.69, 9.17) is 4.74 Å². The van der Waals surface area contributed by atoms with Gasteiger partial charge in [-0.15, -0.1) is 0 Å². The van der Waals surface area contributed by atoms with E-state index in [9.17, 15) is 9.59 Å². The molecule has 0 radical (unpaired) electrons. The van der Waals surface area contributed by atoms with Crippen LogP contribution in [-0.4, -0.2) is 36.3 Å². The predicted octanol–water partition coefficient (Wildman–Crippen LogP) is 4.13. The minimum absolute atomic E-state index is 0.209. The van der Waals surface area contributed by atoms with Crippen LogP contribution in [-0.2, 0) is 17.6 Å². The summed E-state index contributed by atoms with van der Waals surface area (Å²) in [5.74, 6) is 1.28. The number of hydrogen-bond donors (Lipinski definition) is 2. The number of carbonyl (C=O) groups excluding carboxylic acids is 1. The SMILES string of the molecule is COC(=O)NC1=Nc2cc(-c3cccc(Cc4n[nH]c(=O)c5ccccc45)c3OC)ccc2C1. The first-order valence-corrected chi connectivity index (χ1v) is 10.8. The third kappa shape index (κ3) is 3.90. The first kappa shape index (κ1) is 21.4. The van der Waals surface area contributed by atoms with Gasteiger partial charge in [0.2, 0.25) is 0 Å². The lowest BCUT2D eigenvalue weighted by atomic mass is 9.96. The van der Waals surface area contributed by atoms with Gasteiger partial charge in [-0.3, -0.25) is 10.1 Å². The highest BCUT2D eigenvalue weighted by atomic mass is 16.5. The van der Waals surface area contributed by atoms with Gasteiger partial charge in [0.25, 0.3) is 5.56 Å². The van der Waals surface area contributed by atoms with Crippen molar-refractivity contribution in [3.05, 3.63) is 87.8 Å². The van der Waals surface area contributed by atoms with Gasteiger partial charge in [-0.2, -0.15) is 5.10 Å². The normalized spacial score (nSPS) is 12.2. The minimum Gasteiger partial charge on any atom is -0.496 e. The Balaban J connectivity index is 1.52. The van der Waals surface area contributed by atoms with E-state index in [-0.39, 0.29) is 5.56 Å². The summed E-state index contributed by atoms with van der Waals surface area (Å²) >= 11 is 0. The number of nitrogens with zero attached hydrogens (tertiary/aromatic N) is 2. The molecule has 0 atom stereocenters. The van der Waals surface area contributed by atoms with Crippen LogP contribution in [0.4, 0.5) is 10.5 Å². The van der Waals surface area contributed by atoms with Crippen molar-refractivity contribution < 1.29 is 14.3 Å². The summed E-state index contributed by atoms with van der Waals surface area (Å²) < 4.78 is 10.5. The molecule has 0 bridgehead atoms. The smallest absolute Gasteiger partial charge is 0.412 e. The zero-order chi connectivity index (χ0) is 23.7. The highest BCUT2D eigenvalue weighted by Gasteiger charge is 2.19. The standard InChI is InChI=1S/C26H22N4O4/c1-33-24-17(13-22-19-7-3-4-8-20(19)25(31)30-29-22)6-5-9-18(24)15-10-11-16-14-23(27-21(16)12-15)28-26(32)34-2/h3-12H,13-14H2,1-2H3,(H,30,31)(H,27,28,32). The van der Waals surface area contributed by atoms with Crippen LogP contribution in [0.3, 0.4) is 0 Å². The number of ether oxygens (including phenoxy) is 2. The molecule has 2 N–H and O–H groups in total. The summed E-state index contributed by atoms with van der Waals surface area (Å²) in [6.45, 7) is 0. The van der Waals surface area contributed by atoms with Crippen LogP contribution in [0.1, 0.15) is 16.8 Å². The van der Waals surface area contributed by atoms with Crippen LogP contribution in [0.2, 0.25) is 0 Å². The number of hydrogen-bond acceptors (Lipinski definition) is 6. The lowest BCUT2D eigenvalue weighted by Gasteiger charge is -2.15. The van der Waals surface area contributed by atoms with Crippen LogP contribution < -0.4 is 15.6 Å². The molecule has 2 heterocycles. The second-order valence-corrected chi connectivity index (χ2v) is 7.92. The maximum atomic E-state index is 12.2. The fraction of sp³-hybridized carbons (Fsp3) is 0.154. The number of aromatic amines is 1. The molecule has 170 valence electrons. The van der Waals surface area contributed by atoms with E-state index < -0.39 is 6.09 Å². The molecule has 0 saturated carbocycles. The fourth-order valence-electron chi connectivity index (χ4n) is 4.27. The summed E-state index contributed by atoms with van der Waals surface area (Å²) in [6.07, 6.45) is 0.488. The lowest BCUT2D eigenvalue weighted by Crippen LogP contribution is -2.30. The number of benzene rings is 3. The second-order valence-electron chi connectivity index (χ2n) is 7.92. The van der Waals surface area contributed by atoms with E-state index in [0.29, 0.717) is 24.1 Å². The van der Waals surface area contributed by atoms with Crippen LogP contribution in [0.5, 0.6) is 5.75 Å². The molecule has 0 unspecified atom stereocenters. The molecule has 0 spiro atoms. The van der Waals surface area contributed by atoms with Crippen LogP contribution >= 0.6 is 0 Å². The number of nitrogens with one attached hydrogen (secondary N) is 2. The topological polar surface area (TPSA) is 106 Å². The number of alkyl carbamates (subject to hydrolysis) is 1. The molecule has 8 heteroatoms. The third-order valence-corrected chi connectivity index (χ3v) is 5.87. The van der Waals surface area contributed by atoms with Crippen molar-refractivity contribution in [2.24, 2.45) is 4.99 Å². The Kier molecular flexibility index (Phi) is 5.55. The summed E-state index contributed by atoms with van der Waals surface area (Å²) in [5.41, 5.74) is 5.18. The largest absolute Gasteiger partial charge is 0.496 e. The molecule has 1 aliphatic rings. The van der Waals surface area contributed by atoms with Gasteiger partial charge < -0.3 is 9.47 Å². The highest BCUT2D eigenvalue weighted by Crippen LogP contribution is 2.38. The van der Waals surface area contributed by atoms with E-state index >= 15 is 0 Å². The van der Waals surface area contributed by atoms with Gasteiger partial charge >= 0.3 is 6.09 Å². The Morgan fingerprint density at radius 1 is 1.06 bits per heavy atom. The Labute approximate surface area is 195 Å². The molecule has 4 aromatic rings. The van der Waals surface area contributed by atoms with Gasteiger partial charge in [0, 0.05) is 29.4 Å². The number of amidine groups is 1. The molecule has 34 heavy (non-hydrogen) atoms. The van der Waals surface area contributed by atoms with Crippen molar-refractivity contribution in [1.29, 1.82) is 0 Å². The van der Waals surface area contributed by atoms with E-state index in [1.165, 1.54) is 7.11 Å². The third-order valence-electron chi connectivity index (χ3n) is 5.87. The highest BCUT2D eigenvalue weighted by molar-refractivity contribution is 6.01. The molecule has 1 aliphatic heterocycles. The number of H-pyrrole nitrogens is 1. The monoisotopic (exact) mass is 454 g/mol. The van der Waals surface area contributed by atoms with Crippen LogP contribution in [0.25, 0.3) is 21.9 Å². The number of para-hydroxylation sites is 1. The van der Waals surface area contributed by atoms with Gasteiger partial charge in [-0.1, -0.05) is 48.5 Å². The average Bonchev–Trinajstić information content (AvgIpc) is 3.27. The Morgan fingerprint density at radius 2 is 1.88 bits per heavy atom. The minimum atomic E-state index is -0.537. The predicted molar refractivity (Wildman–Crippen MR) is 130 cm³/mol. The molecule has 0 fully saturated rings. The number of amides is 1. The van der Waals surface area contributed by atoms with Crippen molar-refractivity contribution in [3.8, 4) is 16.9 Å². The van der Waals surface area contributed by atoms with E-state index in [0.717, 1.165) is 44.8 Å². The van der Waals surface area contributed by atoms with E-state index in [1.54, 1.807) is 13.2 Å². The van der Waals surface area contributed by atoms with Crippen molar-refractivity contribution in [1.82, 2.24) is 15.5 Å². The average molecular weight is 454 g/mol. The molecule has 0 aliphatic carbocycles. The van der Waals surface area contributed by atoms with Gasteiger partial charge in [0.15, 0.2) is 0 Å². The molecule has 8 nitrogen and oxygen atoms in total. The Hall–Kier alpha value is -4.46. The van der Waals surface area contributed by atoms with Crippen LogP contribution in [0, 0.1) is 0 Å². The van der Waals surface area contributed by atoms with Crippen molar-refractivity contribution in [2.75, 3.05) is 14.2 Å². The number of fused-ring (bicyclic) bond motifs is 2. The molecule has 3 aromatic carbocycles. The van der Waals surface area contributed by atoms with Crippen molar-refractivity contribution in [3.63, 3.8) is 0 Å². The molecular formula is C26H22N4O4. The first-order valence-electron chi connectivity index (χ1n) is 10.8. The van der Waals surface area contributed by atoms with Crippen molar-refractivity contribution >= 4 is 28.4 Å². The fourth-order valence-corrected chi connectivity index (χ4v) is 4.27. The molecule has 0 saturated heterocycles. The second kappa shape index (κ2) is 8.82. The molecule has 1 amide bonds. The van der Waals surface area contributed by atoms with E-state index in [1.807, 2.05) is 54.6 Å².